The van der Waals surface area contributed by atoms with E-state index in [0.29, 0.717) is 34.4 Å². The Morgan fingerprint density at radius 1 is 1.00 bits per heavy atom. The van der Waals surface area contributed by atoms with Crippen molar-refractivity contribution in [2.75, 3.05) is 25.7 Å². The molecule has 6 aromatic rings. The summed E-state index contributed by atoms with van der Waals surface area (Å²) in [5, 5.41) is 30.5. The smallest absolute Gasteiger partial charge is 0.320 e. The number of benzene rings is 3. The van der Waals surface area contributed by atoms with Gasteiger partial charge < -0.3 is 15.3 Å². The third-order valence-corrected chi connectivity index (χ3v) is 10.5. The fraction of sp³-hybridized carbons (Fsp3) is 0.222. The van der Waals surface area contributed by atoms with E-state index in [1.165, 1.54) is 0 Å². The van der Waals surface area contributed by atoms with Crippen LogP contribution in [0.25, 0.3) is 22.7 Å². The predicted octanol–water partition coefficient (Wildman–Crippen LogP) is 8.07. The molecule has 0 saturated heterocycles. The number of amides is 2. The number of halogens is 1. The molecule has 6 rings (SSSR count). The van der Waals surface area contributed by atoms with Gasteiger partial charge in [0.25, 0.3) is 0 Å². The zero-order chi connectivity index (χ0) is 34.7. The minimum atomic E-state index is -0.337. The number of hydrogen-bond donors (Lipinski definition) is 3. The van der Waals surface area contributed by atoms with Crippen LogP contribution in [0.1, 0.15) is 30.7 Å². The number of pyridine rings is 1. The van der Waals surface area contributed by atoms with Gasteiger partial charge in [0, 0.05) is 40.2 Å². The number of fused-ring (bicyclic) bond motifs is 1. The molecule has 0 spiro atoms. The number of carbonyl (C=O) groups excluding carboxylic acids is 1. The Labute approximate surface area is 298 Å². The molecule has 3 heterocycles. The van der Waals surface area contributed by atoms with E-state index >= 15 is 0 Å². The van der Waals surface area contributed by atoms with Crippen LogP contribution in [-0.4, -0.2) is 60.8 Å². The monoisotopic (exact) mass is 712 g/mol. The molecule has 13 heteroatoms. The first kappa shape index (κ1) is 34.4. The van der Waals surface area contributed by atoms with Crippen molar-refractivity contribution >= 4 is 52.6 Å². The molecule has 0 aliphatic carbocycles. The lowest BCUT2D eigenvalue weighted by Crippen LogP contribution is -2.29. The van der Waals surface area contributed by atoms with E-state index in [0.717, 1.165) is 38.8 Å². The average Bonchev–Trinajstić information content (AvgIpc) is 3.70. The van der Waals surface area contributed by atoms with Gasteiger partial charge in [0.2, 0.25) is 0 Å². The third-order valence-electron chi connectivity index (χ3n) is 7.95. The van der Waals surface area contributed by atoms with Crippen LogP contribution in [-0.2, 0) is 17.8 Å². The molecular weight excluding hydrogens is 676 g/mol. The Morgan fingerprint density at radius 2 is 1.82 bits per heavy atom. The number of thioether (sulfide) groups is 1. The number of aromatic nitrogens is 5. The van der Waals surface area contributed by atoms with Crippen molar-refractivity contribution < 1.29 is 9.90 Å². The summed E-state index contributed by atoms with van der Waals surface area (Å²) in [4.78, 5) is 17.4. The summed E-state index contributed by atoms with van der Waals surface area (Å²) in [6.45, 7) is 5.34. The number of phenols is 1. The van der Waals surface area contributed by atoms with Crippen molar-refractivity contribution in [3.8, 4) is 22.8 Å². The van der Waals surface area contributed by atoms with E-state index in [1.54, 1.807) is 46.4 Å². The summed E-state index contributed by atoms with van der Waals surface area (Å²) in [7, 11) is 4.07. The number of hydrogen-bond acceptors (Lipinski definition) is 8. The fourth-order valence-electron chi connectivity index (χ4n) is 5.23. The molecule has 0 aliphatic rings. The number of anilines is 1. The van der Waals surface area contributed by atoms with E-state index in [4.69, 9.17) is 16.7 Å². The fourth-order valence-corrected chi connectivity index (χ4v) is 6.68. The summed E-state index contributed by atoms with van der Waals surface area (Å²) in [6.07, 6.45) is 3.98. The molecule has 2 amide bonds. The Bertz CT molecular complexity index is 2130. The second kappa shape index (κ2) is 14.6. The molecule has 0 atom stereocenters. The van der Waals surface area contributed by atoms with Gasteiger partial charge >= 0.3 is 6.03 Å². The molecule has 0 unspecified atom stereocenters. The normalized spacial score (nSPS) is 11.7. The van der Waals surface area contributed by atoms with Crippen molar-refractivity contribution in [3.05, 3.63) is 113 Å². The van der Waals surface area contributed by atoms with Gasteiger partial charge in [0.05, 0.1) is 21.7 Å². The van der Waals surface area contributed by atoms with E-state index in [1.807, 2.05) is 79.3 Å². The molecule has 3 aromatic heterocycles. The largest absolute Gasteiger partial charge is 0.507 e. The van der Waals surface area contributed by atoms with E-state index in [-0.39, 0.29) is 16.5 Å². The maximum Gasteiger partial charge on any atom is 0.320 e. The van der Waals surface area contributed by atoms with Gasteiger partial charge in [0.1, 0.15) is 11.6 Å². The lowest BCUT2D eigenvalue weighted by atomic mass is 10.1. The van der Waals surface area contributed by atoms with Crippen molar-refractivity contribution in [3.63, 3.8) is 0 Å². The second-order valence-corrected chi connectivity index (χ2v) is 15.2. The lowest BCUT2D eigenvalue weighted by molar-refractivity contribution is 0.251. The van der Waals surface area contributed by atoms with Gasteiger partial charge in [-0.1, -0.05) is 53.7 Å². The van der Waals surface area contributed by atoms with Crippen molar-refractivity contribution in [2.45, 2.75) is 41.5 Å². The molecule has 10 nitrogen and oxygen atoms in total. The minimum absolute atomic E-state index is 0.0662. The summed E-state index contributed by atoms with van der Waals surface area (Å²) >= 11 is 9.46. The van der Waals surface area contributed by atoms with Crippen LogP contribution in [0.15, 0.2) is 101 Å². The van der Waals surface area contributed by atoms with Crippen LogP contribution in [0.4, 0.5) is 10.6 Å². The maximum atomic E-state index is 13.4. The molecular formula is C36H37ClN8O2S2. The molecule has 0 radical (unpaired) electrons. The van der Waals surface area contributed by atoms with Crippen LogP contribution in [0.2, 0.25) is 5.02 Å². The molecule has 3 aromatic carbocycles. The molecule has 3 N–H and O–H groups in total. The Balaban J connectivity index is 1.20. The summed E-state index contributed by atoms with van der Waals surface area (Å²) in [5.74, 6) is 1.14. The van der Waals surface area contributed by atoms with Crippen molar-refractivity contribution in [1.82, 2.24) is 34.6 Å². The molecule has 0 aliphatic heterocycles. The van der Waals surface area contributed by atoms with E-state index < -0.39 is 0 Å². The lowest BCUT2D eigenvalue weighted by Gasteiger charge is -2.18. The van der Waals surface area contributed by atoms with Crippen molar-refractivity contribution in [1.29, 1.82) is 0 Å². The maximum absolute atomic E-state index is 13.4. The van der Waals surface area contributed by atoms with E-state index in [2.05, 4.69) is 58.0 Å². The number of phenolic OH excluding ortho intramolecular Hbond substituents is 1. The Hall–Kier alpha value is -4.49. The van der Waals surface area contributed by atoms with Gasteiger partial charge in [-0.2, -0.15) is 16.9 Å². The quantitative estimate of drug-likeness (QED) is 0.124. The highest BCUT2D eigenvalue weighted by Crippen LogP contribution is 2.36. The first-order valence-corrected chi connectivity index (χ1v) is 18.0. The standard InChI is InChI=1S/C36H37ClN8O2S2/c1-36(2,48-5)31-19-33(45(42-31)26-11-8-9-23(17-26)21-43(3)4)39-35(47)38-20-24-10-6-7-12-30(24)49-27-14-16-32-40-41-34(44(32)22-27)28-18-25(37)13-15-29(28)46/h6-19,22,46H,20-21H2,1-5H3,(H2,38,39,47). The molecule has 0 bridgehead atoms. The van der Waals surface area contributed by atoms with Crippen LogP contribution in [0.5, 0.6) is 5.75 Å². The highest BCUT2D eigenvalue weighted by molar-refractivity contribution is 7.99. The van der Waals surface area contributed by atoms with Crippen LogP contribution in [0, 0.1) is 0 Å². The van der Waals surface area contributed by atoms with Gasteiger partial charge in [-0.25, -0.2) is 9.48 Å². The number of urea groups is 1. The number of rotatable bonds is 11. The number of aromatic hydroxyl groups is 1. The van der Waals surface area contributed by atoms with Crippen LogP contribution < -0.4 is 10.6 Å². The summed E-state index contributed by atoms with van der Waals surface area (Å²) in [6, 6.07) is 26.4. The highest BCUT2D eigenvalue weighted by atomic mass is 35.5. The number of nitrogens with one attached hydrogen (secondary N) is 2. The van der Waals surface area contributed by atoms with E-state index in [9.17, 15) is 9.90 Å². The number of carbonyl (C=O) groups is 1. The first-order valence-electron chi connectivity index (χ1n) is 15.5. The topological polar surface area (TPSA) is 113 Å². The second-order valence-electron chi connectivity index (χ2n) is 12.2. The van der Waals surface area contributed by atoms with Gasteiger partial charge in [-0.15, -0.1) is 10.2 Å². The van der Waals surface area contributed by atoms with Crippen LogP contribution in [0.3, 0.4) is 0 Å². The molecule has 49 heavy (non-hydrogen) atoms. The molecule has 252 valence electrons. The molecule has 0 saturated carbocycles. The predicted molar refractivity (Wildman–Crippen MR) is 199 cm³/mol. The SMILES string of the molecule is CSC(C)(C)c1cc(NC(=O)NCc2ccccc2Sc2ccc3nnc(-c4cc(Cl)ccc4O)n3c2)n(-c2cccc(CN(C)C)c2)n1. The summed E-state index contributed by atoms with van der Waals surface area (Å²) < 4.78 is 3.38. The highest BCUT2D eigenvalue weighted by Gasteiger charge is 2.25. The minimum Gasteiger partial charge on any atom is -0.507 e. The summed E-state index contributed by atoms with van der Waals surface area (Å²) in [5.41, 5.74) is 4.97. The van der Waals surface area contributed by atoms with Gasteiger partial charge in [-0.3, -0.25) is 9.72 Å². The molecule has 0 fully saturated rings. The Kier molecular flexibility index (Phi) is 10.2. The third kappa shape index (κ3) is 7.88. The van der Waals surface area contributed by atoms with Crippen molar-refractivity contribution in [2.24, 2.45) is 0 Å². The Morgan fingerprint density at radius 3 is 2.61 bits per heavy atom. The van der Waals surface area contributed by atoms with Gasteiger partial charge in [0.15, 0.2) is 11.5 Å². The zero-order valence-corrected chi connectivity index (χ0v) is 30.2. The number of nitrogens with zero attached hydrogens (tertiary/aromatic N) is 6. The average molecular weight is 713 g/mol. The zero-order valence-electron chi connectivity index (χ0n) is 27.8. The van der Waals surface area contributed by atoms with Crippen LogP contribution >= 0.6 is 35.1 Å². The van der Waals surface area contributed by atoms with Gasteiger partial charge in [-0.05, 0) is 93.9 Å². The first-order chi connectivity index (χ1) is 23.5.